The summed E-state index contributed by atoms with van der Waals surface area (Å²) in [6.07, 6.45) is 3.93. The smallest absolute Gasteiger partial charge is 0.307 e. The van der Waals surface area contributed by atoms with E-state index in [1.165, 1.54) is 24.5 Å². The molecule has 252 valence electrons. The first-order chi connectivity index (χ1) is 22.7. The molecule has 0 amide bonds. The Morgan fingerprint density at radius 3 is 2.58 bits per heavy atom. The minimum atomic E-state index is -3.73. The number of carboxylic acid groups (broad SMARTS) is 1. The van der Waals surface area contributed by atoms with E-state index in [1.54, 1.807) is 11.7 Å². The van der Waals surface area contributed by atoms with E-state index in [4.69, 9.17) is 14.8 Å². The van der Waals surface area contributed by atoms with Gasteiger partial charge in [0.2, 0.25) is 5.82 Å². The summed E-state index contributed by atoms with van der Waals surface area (Å²) in [5, 5.41) is 14.4. The van der Waals surface area contributed by atoms with Gasteiger partial charge in [-0.25, -0.2) is 22.5 Å². The van der Waals surface area contributed by atoms with Crippen molar-refractivity contribution in [3.63, 3.8) is 0 Å². The van der Waals surface area contributed by atoms with Crippen LogP contribution < -0.4 is 4.74 Å². The summed E-state index contributed by atoms with van der Waals surface area (Å²) in [5.74, 6) is -3.73. The Hall–Kier alpha value is -4.65. The summed E-state index contributed by atoms with van der Waals surface area (Å²) < 4.78 is 66.3. The summed E-state index contributed by atoms with van der Waals surface area (Å²) in [4.78, 5) is 23.7. The summed E-state index contributed by atoms with van der Waals surface area (Å²) in [6.45, 7) is 5.88. The lowest BCUT2D eigenvalue weighted by molar-refractivity contribution is -0.136. The minimum absolute atomic E-state index is 0.0573. The lowest BCUT2D eigenvalue weighted by Gasteiger charge is -2.30. The molecule has 5 aromatic rings. The molecule has 2 aromatic carbocycles. The second-order valence-electron chi connectivity index (χ2n) is 13.5. The highest BCUT2D eigenvalue weighted by Gasteiger charge is 2.36. The normalized spacial score (nSPS) is 19.5. The van der Waals surface area contributed by atoms with Gasteiger partial charge in [0.25, 0.3) is 0 Å². The Bertz CT molecular complexity index is 2130. The Kier molecular flexibility index (Phi) is 8.61. The number of aryl methyl sites for hydroxylation is 2. The van der Waals surface area contributed by atoms with E-state index in [0.29, 0.717) is 36.6 Å². The average Bonchev–Trinajstić information content (AvgIpc) is 3.62. The van der Waals surface area contributed by atoms with Gasteiger partial charge in [0.1, 0.15) is 11.4 Å². The summed E-state index contributed by atoms with van der Waals surface area (Å²) in [5.41, 5.74) is 0.138. The van der Waals surface area contributed by atoms with Crippen LogP contribution in [0.3, 0.4) is 0 Å². The molecule has 0 spiro atoms. The zero-order valence-electron chi connectivity index (χ0n) is 27.2. The van der Waals surface area contributed by atoms with Gasteiger partial charge >= 0.3 is 5.97 Å². The Balaban J connectivity index is 1.54. The van der Waals surface area contributed by atoms with Crippen LogP contribution in [0, 0.1) is 17.0 Å². The Labute approximate surface area is 277 Å². The van der Waals surface area contributed by atoms with Crippen LogP contribution in [0.25, 0.3) is 22.4 Å². The van der Waals surface area contributed by atoms with Crippen LogP contribution in [0.15, 0.2) is 54.9 Å². The van der Waals surface area contributed by atoms with Gasteiger partial charge in [0.05, 0.1) is 28.9 Å². The molecule has 1 aliphatic heterocycles. The molecule has 0 saturated heterocycles. The number of halogens is 2. The number of sulfone groups is 1. The highest BCUT2D eigenvalue weighted by molar-refractivity contribution is 7.91. The maximum absolute atomic E-state index is 15.9. The lowest BCUT2D eigenvalue weighted by Crippen LogP contribution is -2.29. The van der Waals surface area contributed by atoms with Crippen molar-refractivity contribution in [3.05, 3.63) is 89.0 Å². The van der Waals surface area contributed by atoms with Crippen LogP contribution in [0.4, 0.5) is 8.78 Å². The molecule has 6 rings (SSSR count). The molecular formula is C35H37F2N5O5S. The van der Waals surface area contributed by atoms with E-state index in [1.807, 2.05) is 44.2 Å². The summed E-state index contributed by atoms with van der Waals surface area (Å²) >= 11 is 0. The SMILES string of the molecule is Cn1nc2nc1-c1cc(ccn1)Oc1c(F)c(F)c3[nH]cc(CC(=O)O)c3c1CCS(=O)(=O)CC(C)(C)CCC[C@]2(C)c1ccccc1. The highest BCUT2D eigenvalue weighted by atomic mass is 32.2. The second-order valence-corrected chi connectivity index (χ2v) is 15.7. The van der Waals surface area contributed by atoms with Crippen LogP contribution in [0.5, 0.6) is 11.5 Å². The van der Waals surface area contributed by atoms with Gasteiger partial charge in [-0.1, -0.05) is 50.6 Å². The van der Waals surface area contributed by atoms with Crippen LogP contribution in [0.2, 0.25) is 0 Å². The summed E-state index contributed by atoms with van der Waals surface area (Å²) in [7, 11) is -1.98. The number of carboxylic acids is 1. The van der Waals surface area contributed by atoms with E-state index in [2.05, 4.69) is 16.9 Å². The first-order valence-corrected chi connectivity index (χ1v) is 17.5. The number of aromatic amines is 1. The predicted octanol–water partition coefficient (Wildman–Crippen LogP) is 6.53. The number of aliphatic carboxylic acids is 1. The number of H-pyrrole nitrogens is 1. The zero-order valence-corrected chi connectivity index (χ0v) is 28.0. The third kappa shape index (κ3) is 6.43. The fourth-order valence-electron chi connectivity index (χ4n) is 6.75. The van der Waals surface area contributed by atoms with Crippen molar-refractivity contribution in [2.45, 2.75) is 58.3 Å². The second kappa shape index (κ2) is 12.4. The Morgan fingerprint density at radius 2 is 1.85 bits per heavy atom. The molecule has 10 nitrogen and oxygen atoms in total. The van der Waals surface area contributed by atoms with E-state index >= 15 is 8.78 Å². The minimum Gasteiger partial charge on any atom is -0.481 e. The molecule has 13 heteroatoms. The van der Waals surface area contributed by atoms with Gasteiger partial charge in [0.15, 0.2) is 33.1 Å². The number of nitrogens with zero attached hydrogens (tertiary/aromatic N) is 4. The maximum Gasteiger partial charge on any atom is 0.307 e. The van der Waals surface area contributed by atoms with Gasteiger partial charge in [-0.2, -0.15) is 9.49 Å². The number of hydrogen-bond donors (Lipinski definition) is 2. The van der Waals surface area contributed by atoms with E-state index < -0.39 is 50.4 Å². The van der Waals surface area contributed by atoms with Gasteiger partial charge in [0, 0.05) is 36.5 Å². The largest absolute Gasteiger partial charge is 0.481 e. The molecule has 1 atom stereocenters. The molecule has 1 aliphatic rings. The molecule has 3 aromatic heterocycles. The van der Waals surface area contributed by atoms with Crippen LogP contribution in [-0.2, 0) is 39.9 Å². The van der Waals surface area contributed by atoms with Crippen LogP contribution >= 0.6 is 0 Å². The van der Waals surface area contributed by atoms with Gasteiger partial charge in [-0.3, -0.25) is 9.78 Å². The molecule has 0 fully saturated rings. The van der Waals surface area contributed by atoms with Crippen molar-refractivity contribution in [3.8, 4) is 23.0 Å². The van der Waals surface area contributed by atoms with Crippen molar-refractivity contribution in [1.82, 2.24) is 24.7 Å². The first-order valence-electron chi connectivity index (χ1n) is 15.7. The average molecular weight is 678 g/mol. The number of pyridine rings is 1. The number of benzene rings is 2. The molecule has 4 heterocycles. The number of aromatic nitrogens is 5. The van der Waals surface area contributed by atoms with Gasteiger partial charge in [-0.05, 0) is 48.8 Å². The molecule has 48 heavy (non-hydrogen) atoms. The van der Waals surface area contributed by atoms with Crippen molar-refractivity contribution in [2.75, 3.05) is 11.5 Å². The van der Waals surface area contributed by atoms with E-state index in [9.17, 15) is 18.3 Å². The highest BCUT2D eigenvalue weighted by Crippen LogP contribution is 2.41. The van der Waals surface area contributed by atoms with Crippen molar-refractivity contribution < 1.29 is 31.8 Å². The third-order valence-corrected chi connectivity index (χ3v) is 11.2. The number of rotatable bonds is 3. The van der Waals surface area contributed by atoms with Crippen molar-refractivity contribution in [2.24, 2.45) is 12.5 Å². The van der Waals surface area contributed by atoms with Crippen molar-refractivity contribution in [1.29, 1.82) is 0 Å². The van der Waals surface area contributed by atoms with Crippen LogP contribution in [-0.4, -0.2) is 55.7 Å². The molecule has 0 radical (unpaired) electrons. The Morgan fingerprint density at radius 1 is 1.10 bits per heavy atom. The molecule has 0 unspecified atom stereocenters. The number of carbonyl (C=O) groups is 1. The maximum atomic E-state index is 15.9. The fraction of sp³-hybridized carbons (Fsp3) is 0.371. The van der Waals surface area contributed by atoms with Gasteiger partial charge in [-0.15, -0.1) is 0 Å². The predicted molar refractivity (Wildman–Crippen MR) is 177 cm³/mol. The van der Waals surface area contributed by atoms with Crippen molar-refractivity contribution >= 4 is 26.7 Å². The van der Waals surface area contributed by atoms with E-state index in [-0.39, 0.29) is 45.7 Å². The standard InChI is InChI=1S/C35H37F2N5O5S/c1-34(2)13-8-14-35(3,22-9-6-5-7-10-22)33-40-32(42(4)41-33)25-18-23(11-15-38-25)47-31-24(12-16-48(45,46)20-34)27-21(17-26(43)44)19-39-30(27)28(36)29(31)37/h5-7,9-11,15,18-19,39H,8,12-14,16-17,20H2,1-4H3,(H,43,44)/t35-/m1/s1. The molecule has 4 bridgehead atoms. The zero-order chi connectivity index (χ0) is 34.4. The molecule has 2 N–H and O–H groups in total. The van der Waals surface area contributed by atoms with Crippen LogP contribution in [0.1, 0.15) is 62.5 Å². The summed E-state index contributed by atoms with van der Waals surface area (Å²) in [6, 6.07) is 12.9. The monoisotopic (exact) mass is 677 g/mol. The van der Waals surface area contributed by atoms with Gasteiger partial charge < -0.3 is 14.8 Å². The fourth-order valence-corrected chi connectivity index (χ4v) is 8.74. The number of nitrogens with one attached hydrogen (secondary N) is 1. The molecular weight excluding hydrogens is 640 g/mol. The molecule has 0 aliphatic carbocycles. The third-order valence-electron chi connectivity index (χ3n) is 9.14. The lowest BCUT2D eigenvalue weighted by atomic mass is 9.75. The molecule has 0 saturated carbocycles. The topological polar surface area (TPSA) is 140 Å². The number of hydrogen-bond acceptors (Lipinski definition) is 7. The number of fused-ring (bicyclic) bond motifs is 8. The first kappa shape index (κ1) is 33.3. The van der Waals surface area contributed by atoms with E-state index in [0.717, 1.165) is 5.56 Å². The number of ether oxygens (including phenoxy) is 1. The quantitative estimate of drug-likeness (QED) is 0.220.